The number of hydrogen-bond acceptors (Lipinski definition) is 5. The number of benzene rings is 2. The molecule has 0 radical (unpaired) electrons. The highest BCUT2D eigenvalue weighted by Gasteiger charge is 2.42. The molecule has 3 rings (SSSR count). The van der Waals surface area contributed by atoms with E-state index < -0.39 is 12.2 Å². The average molecular weight is 426 g/mol. The standard InChI is InChI=1S/C25H31NO5/c1-19(2)22-18-30-25(28)26(22)24(27)23(31-21-13-7-4-8-14-21)15-9-10-16-29-17-20-11-5-3-6-12-20/h3-8,11-14,19,22-23H,9-10,15-18H2,1-2H3/t22-,23-/m1/s1. The van der Waals surface area contributed by atoms with Gasteiger partial charge in [0.1, 0.15) is 12.4 Å². The summed E-state index contributed by atoms with van der Waals surface area (Å²) in [6.45, 7) is 5.35. The molecule has 2 atom stereocenters. The SMILES string of the molecule is CC(C)[C@H]1COC(=O)N1C(=O)[C@@H](CCCCOCc1ccccc1)Oc1ccccc1. The van der Waals surface area contributed by atoms with Gasteiger partial charge in [0, 0.05) is 6.61 Å². The number of unbranched alkanes of at least 4 members (excludes halogenated alkanes) is 1. The quantitative estimate of drug-likeness (QED) is 0.483. The van der Waals surface area contributed by atoms with E-state index in [1.165, 1.54) is 4.90 Å². The van der Waals surface area contributed by atoms with Crippen LogP contribution >= 0.6 is 0 Å². The van der Waals surface area contributed by atoms with Crippen LogP contribution in [0.2, 0.25) is 0 Å². The molecule has 2 amide bonds. The van der Waals surface area contributed by atoms with Crippen molar-refractivity contribution in [3.63, 3.8) is 0 Å². The van der Waals surface area contributed by atoms with Crippen molar-refractivity contribution in [3.05, 3.63) is 66.2 Å². The zero-order chi connectivity index (χ0) is 22.1. The van der Waals surface area contributed by atoms with E-state index in [2.05, 4.69) is 0 Å². The van der Waals surface area contributed by atoms with E-state index in [-0.39, 0.29) is 24.5 Å². The Morgan fingerprint density at radius 3 is 2.42 bits per heavy atom. The number of amides is 2. The lowest BCUT2D eigenvalue weighted by Crippen LogP contribution is -2.48. The van der Waals surface area contributed by atoms with Crippen LogP contribution in [0.5, 0.6) is 5.75 Å². The van der Waals surface area contributed by atoms with Crippen molar-refractivity contribution in [2.75, 3.05) is 13.2 Å². The molecule has 1 heterocycles. The number of para-hydroxylation sites is 1. The molecular formula is C25H31NO5. The molecule has 166 valence electrons. The summed E-state index contributed by atoms with van der Waals surface area (Å²) in [5.74, 6) is 0.379. The van der Waals surface area contributed by atoms with Crippen LogP contribution in [0, 0.1) is 5.92 Å². The maximum atomic E-state index is 13.2. The van der Waals surface area contributed by atoms with Crippen LogP contribution in [0.25, 0.3) is 0 Å². The summed E-state index contributed by atoms with van der Waals surface area (Å²) in [6, 6.07) is 19.0. The van der Waals surface area contributed by atoms with E-state index >= 15 is 0 Å². The number of ether oxygens (including phenoxy) is 3. The maximum absolute atomic E-state index is 13.2. The highest BCUT2D eigenvalue weighted by atomic mass is 16.6. The van der Waals surface area contributed by atoms with Crippen molar-refractivity contribution in [2.45, 2.75) is 51.9 Å². The number of carbonyl (C=O) groups excluding carboxylic acids is 2. The van der Waals surface area contributed by atoms with Crippen LogP contribution in [0.1, 0.15) is 38.7 Å². The molecular weight excluding hydrogens is 394 g/mol. The van der Waals surface area contributed by atoms with E-state index in [9.17, 15) is 9.59 Å². The molecule has 0 unspecified atom stereocenters. The Morgan fingerprint density at radius 2 is 1.74 bits per heavy atom. The van der Waals surface area contributed by atoms with Crippen LogP contribution in [-0.4, -0.2) is 42.3 Å². The Morgan fingerprint density at radius 1 is 1.06 bits per heavy atom. The molecule has 1 aliphatic rings. The molecule has 2 aromatic rings. The van der Waals surface area contributed by atoms with E-state index in [1.807, 2.05) is 74.5 Å². The van der Waals surface area contributed by atoms with Gasteiger partial charge < -0.3 is 14.2 Å². The third kappa shape index (κ3) is 6.56. The Hall–Kier alpha value is -2.86. The molecule has 1 saturated heterocycles. The van der Waals surface area contributed by atoms with Gasteiger partial charge in [0.2, 0.25) is 0 Å². The number of nitrogens with zero attached hydrogens (tertiary/aromatic N) is 1. The molecule has 0 saturated carbocycles. The minimum Gasteiger partial charge on any atom is -0.481 e. The van der Waals surface area contributed by atoms with Gasteiger partial charge in [-0.25, -0.2) is 9.69 Å². The zero-order valence-electron chi connectivity index (χ0n) is 18.2. The Bertz CT molecular complexity index is 824. The molecule has 1 fully saturated rings. The average Bonchev–Trinajstić information content (AvgIpc) is 3.18. The predicted molar refractivity (Wildman–Crippen MR) is 118 cm³/mol. The summed E-state index contributed by atoms with van der Waals surface area (Å²) in [7, 11) is 0. The first-order valence-corrected chi connectivity index (χ1v) is 10.9. The lowest BCUT2D eigenvalue weighted by atomic mass is 10.0. The molecule has 0 aromatic heterocycles. The largest absolute Gasteiger partial charge is 0.481 e. The van der Waals surface area contributed by atoms with Crippen LogP contribution in [0.3, 0.4) is 0 Å². The monoisotopic (exact) mass is 425 g/mol. The normalized spacial score (nSPS) is 16.9. The number of hydrogen-bond donors (Lipinski definition) is 0. The Kier molecular flexibility index (Phi) is 8.47. The fourth-order valence-electron chi connectivity index (χ4n) is 3.53. The van der Waals surface area contributed by atoms with Gasteiger partial charge in [-0.2, -0.15) is 0 Å². The lowest BCUT2D eigenvalue weighted by Gasteiger charge is -2.27. The number of imide groups is 1. The number of cyclic esters (lactones) is 1. The zero-order valence-corrected chi connectivity index (χ0v) is 18.2. The smallest absolute Gasteiger partial charge is 0.417 e. The summed E-state index contributed by atoms with van der Waals surface area (Å²) >= 11 is 0. The van der Waals surface area contributed by atoms with Gasteiger partial charge in [-0.1, -0.05) is 62.4 Å². The maximum Gasteiger partial charge on any atom is 0.417 e. The van der Waals surface area contributed by atoms with Crippen molar-refractivity contribution < 1.29 is 23.8 Å². The van der Waals surface area contributed by atoms with Crippen molar-refractivity contribution >= 4 is 12.0 Å². The first-order valence-electron chi connectivity index (χ1n) is 10.9. The molecule has 6 nitrogen and oxygen atoms in total. The fourth-order valence-corrected chi connectivity index (χ4v) is 3.53. The minimum atomic E-state index is -0.747. The van der Waals surface area contributed by atoms with Crippen molar-refractivity contribution in [1.29, 1.82) is 0 Å². The van der Waals surface area contributed by atoms with E-state index in [4.69, 9.17) is 14.2 Å². The highest BCUT2D eigenvalue weighted by Crippen LogP contribution is 2.24. The van der Waals surface area contributed by atoms with Crippen LogP contribution in [-0.2, 0) is 20.9 Å². The van der Waals surface area contributed by atoms with Gasteiger partial charge in [0.25, 0.3) is 5.91 Å². The van der Waals surface area contributed by atoms with Gasteiger partial charge >= 0.3 is 6.09 Å². The highest BCUT2D eigenvalue weighted by molar-refractivity contribution is 5.96. The molecule has 1 aliphatic heterocycles. The van der Waals surface area contributed by atoms with Gasteiger partial charge in [-0.05, 0) is 42.9 Å². The van der Waals surface area contributed by atoms with Crippen molar-refractivity contribution in [2.24, 2.45) is 5.92 Å². The van der Waals surface area contributed by atoms with Gasteiger partial charge in [0.15, 0.2) is 6.10 Å². The second kappa shape index (κ2) is 11.5. The van der Waals surface area contributed by atoms with E-state index in [0.29, 0.717) is 25.4 Å². The lowest BCUT2D eigenvalue weighted by molar-refractivity contribution is -0.137. The summed E-state index contributed by atoms with van der Waals surface area (Å²) in [4.78, 5) is 26.7. The first-order chi connectivity index (χ1) is 15.1. The van der Waals surface area contributed by atoms with Crippen LogP contribution < -0.4 is 4.74 Å². The van der Waals surface area contributed by atoms with Crippen LogP contribution in [0.4, 0.5) is 4.79 Å². The number of rotatable bonds is 11. The predicted octanol–water partition coefficient (Wildman–Crippen LogP) is 4.82. The van der Waals surface area contributed by atoms with E-state index in [0.717, 1.165) is 18.4 Å². The van der Waals surface area contributed by atoms with Gasteiger partial charge in [-0.15, -0.1) is 0 Å². The van der Waals surface area contributed by atoms with E-state index in [1.54, 1.807) is 0 Å². The van der Waals surface area contributed by atoms with Crippen LogP contribution in [0.15, 0.2) is 60.7 Å². The first kappa shape index (κ1) is 22.8. The number of carbonyl (C=O) groups is 2. The third-order valence-electron chi connectivity index (χ3n) is 5.33. The Labute approximate surface area is 184 Å². The summed E-state index contributed by atoms with van der Waals surface area (Å²) in [6.07, 6.45) is 0.705. The fraction of sp³-hybridized carbons (Fsp3) is 0.440. The van der Waals surface area contributed by atoms with Gasteiger partial charge in [0.05, 0.1) is 12.6 Å². The molecule has 0 spiro atoms. The second-order valence-electron chi connectivity index (χ2n) is 8.05. The second-order valence-corrected chi connectivity index (χ2v) is 8.05. The van der Waals surface area contributed by atoms with Crippen molar-refractivity contribution in [1.82, 2.24) is 4.90 Å². The molecule has 0 N–H and O–H groups in total. The topological polar surface area (TPSA) is 65.1 Å². The summed E-state index contributed by atoms with van der Waals surface area (Å²) < 4.78 is 16.9. The summed E-state index contributed by atoms with van der Waals surface area (Å²) in [5, 5.41) is 0. The molecule has 6 heteroatoms. The molecule has 0 aliphatic carbocycles. The minimum absolute atomic E-state index is 0.110. The Balaban J connectivity index is 1.56. The van der Waals surface area contributed by atoms with Gasteiger partial charge in [-0.3, -0.25) is 4.79 Å². The molecule has 31 heavy (non-hydrogen) atoms. The van der Waals surface area contributed by atoms with Crippen molar-refractivity contribution in [3.8, 4) is 5.75 Å². The molecule has 2 aromatic carbocycles. The third-order valence-corrected chi connectivity index (χ3v) is 5.33. The summed E-state index contributed by atoms with van der Waals surface area (Å²) in [5.41, 5.74) is 1.13. The molecule has 0 bridgehead atoms.